The van der Waals surface area contributed by atoms with Crippen LogP contribution in [0.4, 0.5) is 0 Å². The van der Waals surface area contributed by atoms with Crippen LogP contribution >= 0.6 is 0 Å². The molecule has 2 saturated heterocycles. The summed E-state index contributed by atoms with van der Waals surface area (Å²) in [5.41, 5.74) is 1.19. The molecule has 132 valence electrons. The van der Waals surface area contributed by atoms with E-state index in [9.17, 15) is 9.90 Å². The van der Waals surface area contributed by atoms with Gasteiger partial charge in [0.05, 0.1) is 12.0 Å². The van der Waals surface area contributed by atoms with Gasteiger partial charge in [0.15, 0.2) is 0 Å². The summed E-state index contributed by atoms with van der Waals surface area (Å²) >= 11 is 0. The van der Waals surface area contributed by atoms with Gasteiger partial charge in [0.1, 0.15) is 12.4 Å². The molecular weight excluding hydrogens is 306 g/mol. The Morgan fingerprint density at radius 1 is 1.29 bits per heavy atom. The van der Waals surface area contributed by atoms with Gasteiger partial charge in [-0.25, -0.2) is 0 Å². The second kappa shape index (κ2) is 7.99. The van der Waals surface area contributed by atoms with Crippen molar-refractivity contribution in [3.8, 4) is 5.75 Å². The minimum Gasteiger partial charge on any atom is -0.491 e. The molecule has 0 amide bonds. The van der Waals surface area contributed by atoms with Crippen LogP contribution in [-0.4, -0.2) is 47.9 Å². The first-order valence-corrected chi connectivity index (χ1v) is 8.93. The summed E-state index contributed by atoms with van der Waals surface area (Å²) in [6, 6.07) is 8.21. The van der Waals surface area contributed by atoms with E-state index in [1.54, 1.807) is 0 Å². The van der Waals surface area contributed by atoms with Crippen LogP contribution in [0.5, 0.6) is 5.75 Å². The van der Waals surface area contributed by atoms with Crippen LogP contribution in [0.1, 0.15) is 38.2 Å². The lowest BCUT2D eigenvalue weighted by atomic mass is 9.90. The molecule has 0 aromatic heterocycles. The highest BCUT2D eigenvalue weighted by molar-refractivity contribution is 5.70. The van der Waals surface area contributed by atoms with E-state index in [0.29, 0.717) is 6.61 Å². The summed E-state index contributed by atoms with van der Waals surface area (Å²) < 4.78 is 11.3. The van der Waals surface area contributed by atoms with E-state index in [4.69, 9.17) is 9.47 Å². The fourth-order valence-electron chi connectivity index (χ4n) is 3.66. The van der Waals surface area contributed by atoms with E-state index < -0.39 is 5.97 Å². The van der Waals surface area contributed by atoms with Crippen LogP contribution in [0.2, 0.25) is 0 Å². The van der Waals surface area contributed by atoms with Gasteiger partial charge in [-0.1, -0.05) is 12.1 Å². The monoisotopic (exact) mass is 333 g/mol. The second-order valence-electron chi connectivity index (χ2n) is 6.89. The van der Waals surface area contributed by atoms with Crippen molar-refractivity contribution >= 4 is 5.97 Å². The zero-order valence-corrected chi connectivity index (χ0v) is 14.3. The van der Waals surface area contributed by atoms with Gasteiger partial charge in [0, 0.05) is 19.2 Å². The third-order valence-electron chi connectivity index (χ3n) is 5.20. The van der Waals surface area contributed by atoms with E-state index in [0.717, 1.165) is 51.1 Å². The molecule has 0 bridgehead atoms. The molecule has 5 nitrogen and oxygen atoms in total. The molecule has 2 heterocycles. The number of nitrogens with zero attached hydrogens (tertiary/aromatic N) is 1. The van der Waals surface area contributed by atoms with E-state index >= 15 is 0 Å². The topological polar surface area (TPSA) is 59.0 Å². The smallest absolute Gasteiger partial charge is 0.308 e. The first-order valence-electron chi connectivity index (χ1n) is 8.93. The van der Waals surface area contributed by atoms with Gasteiger partial charge < -0.3 is 14.6 Å². The Hall–Kier alpha value is -1.59. The number of carboxylic acids is 1. The lowest BCUT2D eigenvalue weighted by Gasteiger charge is -2.37. The van der Waals surface area contributed by atoms with Crippen molar-refractivity contribution in [2.24, 2.45) is 5.92 Å². The number of ether oxygens (including phenoxy) is 2. The molecule has 2 aliphatic heterocycles. The minimum absolute atomic E-state index is 0.0756. The number of rotatable bonds is 6. The fourth-order valence-corrected chi connectivity index (χ4v) is 3.66. The Labute approximate surface area is 143 Å². The van der Waals surface area contributed by atoms with Gasteiger partial charge >= 0.3 is 5.97 Å². The average Bonchev–Trinajstić information content (AvgIpc) is 3.09. The van der Waals surface area contributed by atoms with Crippen LogP contribution in [0.15, 0.2) is 24.3 Å². The first kappa shape index (κ1) is 17.2. The third kappa shape index (κ3) is 4.28. The molecule has 2 fully saturated rings. The van der Waals surface area contributed by atoms with E-state index in [1.807, 2.05) is 19.1 Å². The third-order valence-corrected chi connectivity index (χ3v) is 5.20. The zero-order valence-electron chi connectivity index (χ0n) is 14.3. The highest BCUT2D eigenvalue weighted by Gasteiger charge is 2.32. The summed E-state index contributed by atoms with van der Waals surface area (Å²) in [4.78, 5) is 13.6. The summed E-state index contributed by atoms with van der Waals surface area (Å²) in [5, 5.41) is 9.32. The minimum atomic E-state index is -0.676. The van der Waals surface area contributed by atoms with Crippen LogP contribution in [0.3, 0.4) is 0 Å². The molecule has 1 aromatic carbocycles. The standard InChI is InChI=1S/C19H27NO4/c1-14-18(19(21)22)5-2-10-20(14)12-15-6-8-16(9-7-15)24-13-17-4-3-11-23-17/h6-9,14,17-18H,2-5,10-13H2,1H3,(H,21,22)/t14-,17?,18-/m1/s1. The largest absolute Gasteiger partial charge is 0.491 e. The summed E-state index contributed by atoms with van der Waals surface area (Å²) in [7, 11) is 0. The van der Waals surface area contributed by atoms with Gasteiger partial charge in [-0.15, -0.1) is 0 Å². The number of carboxylic acid groups (broad SMARTS) is 1. The van der Waals surface area contributed by atoms with Crippen molar-refractivity contribution in [1.29, 1.82) is 0 Å². The molecule has 0 spiro atoms. The number of hydrogen-bond acceptors (Lipinski definition) is 4. The molecule has 3 rings (SSSR count). The highest BCUT2D eigenvalue weighted by atomic mass is 16.5. The number of carbonyl (C=O) groups is 1. The zero-order chi connectivity index (χ0) is 16.9. The molecule has 1 aromatic rings. The Kier molecular flexibility index (Phi) is 5.74. The van der Waals surface area contributed by atoms with Crippen LogP contribution in [0, 0.1) is 5.92 Å². The SMILES string of the molecule is C[C@@H]1[C@H](C(=O)O)CCCN1Cc1ccc(OCC2CCCO2)cc1. The molecule has 3 atom stereocenters. The lowest BCUT2D eigenvalue weighted by molar-refractivity contribution is -0.145. The van der Waals surface area contributed by atoms with Gasteiger partial charge in [0.2, 0.25) is 0 Å². The first-order chi connectivity index (χ1) is 11.6. The Bertz CT molecular complexity index is 539. The van der Waals surface area contributed by atoms with E-state index in [2.05, 4.69) is 17.0 Å². The van der Waals surface area contributed by atoms with E-state index in [1.165, 1.54) is 5.56 Å². The molecule has 0 aliphatic carbocycles. The Morgan fingerprint density at radius 3 is 2.75 bits per heavy atom. The maximum atomic E-state index is 11.3. The number of aliphatic carboxylic acids is 1. The summed E-state index contributed by atoms with van der Waals surface area (Å²) in [6.45, 7) is 5.23. The van der Waals surface area contributed by atoms with Gasteiger partial charge in [-0.2, -0.15) is 0 Å². The van der Waals surface area contributed by atoms with Gasteiger partial charge in [-0.3, -0.25) is 9.69 Å². The molecule has 24 heavy (non-hydrogen) atoms. The molecule has 5 heteroatoms. The van der Waals surface area contributed by atoms with Crippen molar-refractivity contribution in [3.05, 3.63) is 29.8 Å². The van der Waals surface area contributed by atoms with Crippen molar-refractivity contribution < 1.29 is 19.4 Å². The fraction of sp³-hybridized carbons (Fsp3) is 0.632. The molecule has 0 radical (unpaired) electrons. The van der Waals surface area contributed by atoms with Gasteiger partial charge in [0.25, 0.3) is 0 Å². The maximum Gasteiger partial charge on any atom is 0.308 e. The number of hydrogen-bond donors (Lipinski definition) is 1. The summed E-state index contributed by atoms with van der Waals surface area (Å²) in [6.07, 6.45) is 4.16. The quantitative estimate of drug-likeness (QED) is 0.867. The lowest BCUT2D eigenvalue weighted by Crippen LogP contribution is -2.45. The van der Waals surface area contributed by atoms with Crippen molar-refractivity contribution in [2.45, 2.75) is 51.3 Å². The Balaban J connectivity index is 1.52. The molecular formula is C19H27NO4. The van der Waals surface area contributed by atoms with Crippen LogP contribution in [0.25, 0.3) is 0 Å². The molecule has 0 saturated carbocycles. The molecule has 1 unspecified atom stereocenters. The maximum absolute atomic E-state index is 11.3. The second-order valence-corrected chi connectivity index (χ2v) is 6.89. The highest BCUT2D eigenvalue weighted by Crippen LogP contribution is 2.26. The average molecular weight is 333 g/mol. The number of benzene rings is 1. The predicted octanol–water partition coefficient (Wildman–Crippen LogP) is 2.93. The Morgan fingerprint density at radius 2 is 2.08 bits per heavy atom. The number of piperidine rings is 1. The molecule has 1 N–H and O–H groups in total. The van der Waals surface area contributed by atoms with Crippen LogP contribution in [-0.2, 0) is 16.1 Å². The van der Waals surface area contributed by atoms with E-state index in [-0.39, 0.29) is 18.1 Å². The van der Waals surface area contributed by atoms with Crippen molar-refractivity contribution in [3.63, 3.8) is 0 Å². The van der Waals surface area contributed by atoms with Crippen LogP contribution < -0.4 is 4.74 Å². The number of likely N-dealkylation sites (tertiary alicyclic amines) is 1. The molecule has 2 aliphatic rings. The van der Waals surface area contributed by atoms with Crippen molar-refractivity contribution in [1.82, 2.24) is 4.90 Å². The summed E-state index contributed by atoms with van der Waals surface area (Å²) in [5.74, 6) is -0.0674. The normalized spacial score (nSPS) is 28.0. The van der Waals surface area contributed by atoms with Crippen molar-refractivity contribution in [2.75, 3.05) is 19.8 Å². The van der Waals surface area contributed by atoms with Gasteiger partial charge in [-0.05, 0) is 56.8 Å². The predicted molar refractivity (Wildman–Crippen MR) is 91.1 cm³/mol.